The van der Waals surface area contributed by atoms with Crippen molar-refractivity contribution in [3.05, 3.63) is 70.2 Å². The second-order valence-electron chi connectivity index (χ2n) is 4.75. The number of hydrogen-bond acceptors (Lipinski definition) is 3. The molecule has 1 N–H and O–H groups in total. The van der Waals surface area contributed by atoms with E-state index in [0.29, 0.717) is 10.6 Å². The average Bonchev–Trinajstić information content (AvgIpc) is 2.46. The molecule has 0 aliphatic rings. The maximum atomic E-state index is 13.6. The first-order valence-corrected chi connectivity index (χ1v) is 6.96. The first kappa shape index (κ1) is 16.9. The molecule has 4 nitrogen and oxygen atoms in total. The van der Waals surface area contributed by atoms with E-state index < -0.39 is 41.5 Å². The highest BCUT2D eigenvalue weighted by molar-refractivity contribution is 6.30. The fourth-order valence-corrected chi connectivity index (χ4v) is 2.19. The predicted molar refractivity (Wildman–Crippen MR) is 77.6 cm³/mol. The number of carboxylic acids is 1. The first-order chi connectivity index (χ1) is 10.9. The van der Waals surface area contributed by atoms with Crippen molar-refractivity contribution in [1.29, 1.82) is 0 Å². The highest BCUT2D eigenvalue weighted by Crippen LogP contribution is 2.21. The van der Waals surface area contributed by atoms with E-state index in [1.54, 1.807) is 0 Å². The molecule has 7 heteroatoms. The number of rotatable bonds is 5. The number of nitrogens with one attached hydrogen (secondary N) is 1. The molecule has 120 valence electrons. The molecule has 0 saturated carbocycles. The van der Waals surface area contributed by atoms with Crippen LogP contribution < -0.4 is 10.4 Å². The molecule has 0 radical (unpaired) electrons. The van der Waals surface area contributed by atoms with Crippen LogP contribution in [0.2, 0.25) is 5.02 Å². The lowest BCUT2D eigenvalue weighted by molar-refractivity contribution is -0.306. The molecule has 0 heterocycles. The molecular weight excluding hydrogens is 328 g/mol. The average molecular weight is 339 g/mol. The summed E-state index contributed by atoms with van der Waals surface area (Å²) < 4.78 is 27.2. The van der Waals surface area contributed by atoms with E-state index in [1.807, 2.05) is 0 Å². The maximum Gasteiger partial charge on any atom is 0.257 e. The van der Waals surface area contributed by atoms with Crippen LogP contribution >= 0.6 is 11.6 Å². The van der Waals surface area contributed by atoms with Gasteiger partial charge in [-0.2, -0.15) is 0 Å². The van der Waals surface area contributed by atoms with Gasteiger partial charge in [-0.25, -0.2) is 8.78 Å². The highest BCUT2D eigenvalue weighted by Gasteiger charge is 2.21. The van der Waals surface area contributed by atoms with Crippen LogP contribution in [0.3, 0.4) is 0 Å². The number of hydrogen-bond donors (Lipinski definition) is 1. The summed E-state index contributed by atoms with van der Waals surface area (Å²) in [5.41, 5.74) is -0.353. The zero-order chi connectivity index (χ0) is 17.0. The third-order valence-electron chi connectivity index (χ3n) is 3.14. The van der Waals surface area contributed by atoms with Gasteiger partial charge in [0.1, 0.15) is 17.2 Å². The van der Waals surface area contributed by atoms with Crippen molar-refractivity contribution in [3.8, 4) is 0 Å². The Morgan fingerprint density at radius 2 is 1.65 bits per heavy atom. The number of halogens is 3. The zero-order valence-corrected chi connectivity index (χ0v) is 12.4. The Morgan fingerprint density at radius 1 is 1.09 bits per heavy atom. The first-order valence-electron chi connectivity index (χ1n) is 6.58. The topological polar surface area (TPSA) is 69.2 Å². The molecule has 2 aromatic carbocycles. The van der Waals surface area contributed by atoms with Crippen LogP contribution in [0.15, 0.2) is 42.5 Å². The van der Waals surface area contributed by atoms with Gasteiger partial charge >= 0.3 is 0 Å². The van der Waals surface area contributed by atoms with Gasteiger partial charge in [0.15, 0.2) is 0 Å². The molecule has 0 bridgehead atoms. The predicted octanol–water partition coefficient (Wildman–Crippen LogP) is 2.23. The van der Waals surface area contributed by atoms with Crippen LogP contribution in [0.1, 0.15) is 28.4 Å². The van der Waals surface area contributed by atoms with Gasteiger partial charge in [0, 0.05) is 17.4 Å². The van der Waals surface area contributed by atoms with E-state index in [2.05, 4.69) is 5.32 Å². The van der Waals surface area contributed by atoms with Crippen molar-refractivity contribution < 1.29 is 23.5 Å². The molecule has 0 aromatic heterocycles. The maximum absolute atomic E-state index is 13.6. The number of benzene rings is 2. The number of carboxylic acid groups (broad SMARTS) is 1. The van der Waals surface area contributed by atoms with Gasteiger partial charge in [-0.3, -0.25) is 4.79 Å². The highest BCUT2D eigenvalue weighted by atomic mass is 35.5. The fourth-order valence-electron chi connectivity index (χ4n) is 2.06. The van der Waals surface area contributed by atoms with E-state index in [0.717, 1.165) is 18.2 Å². The summed E-state index contributed by atoms with van der Waals surface area (Å²) in [7, 11) is 0. The summed E-state index contributed by atoms with van der Waals surface area (Å²) in [5, 5.41) is 13.6. The number of aliphatic carboxylic acids is 1. The smallest absolute Gasteiger partial charge is 0.257 e. The Labute approximate surface area is 135 Å². The quantitative estimate of drug-likeness (QED) is 0.909. The number of carbonyl (C=O) groups is 2. The van der Waals surface area contributed by atoms with E-state index in [9.17, 15) is 23.5 Å². The summed E-state index contributed by atoms with van der Waals surface area (Å²) in [6, 6.07) is 8.02. The van der Waals surface area contributed by atoms with E-state index in [4.69, 9.17) is 11.6 Å². The summed E-state index contributed by atoms with van der Waals surface area (Å²) in [5.74, 6) is -4.54. The normalized spacial score (nSPS) is 11.8. The molecule has 0 unspecified atom stereocenters. The van der Waals surface area contributed by atoms with Gasteiger partial charge in [0.2, 0.25) is 0 Å². The monoisotopic (exact) mass is 338 g/mol. The minimum Gasteiger partial charge on any atom is -0.550 e. The SMILES string of the molecule is O=C([O-])C[C@H](NC(=O)c1c(F)cccc1F)c1ccc(Cl)cc1. The minimum absolute atomic E-state index is 0.420. The Hall–Kier alpha value is -2.47. The van der Waals surface area contributed by atoms with Crippen molar-refractivity contribution in [2.75, 3.05) is 0 Å². The lowest BCUT2D eigenvalue weighted by Crippen LogP contribution is -2.35. The molecular formula is C16H11ClF2NO3-. The largest absolute Gasteiger partial charge is 0.550 e. The summed E-state index contributed by atoms with van der Waals surface area (Å²) in [4.78, 5) is 23.0. The lowest BCUT2D eigenvalue weighted by Gasteiger charge is -2.20. The van der Waals surface area contributed by atoms with Gasteiger partial charge < -0.3 is 15.2 Å². The molecule has 1 atom stereocenters. The van der Waals surface area contributed by atoms with Crippen molar-refractivity contribution in [1.82, 2.24) is 5.32 Å². The second kappa shape index (κ2) is 7.19. The summed E-state index contributed by atoms with van der Waals surface area (Å²) >= 11 is 5.75. The van der Waals surface area contributed by atoms with Crippen molar-refractivity contribution in [2.24, 2.45) is 0 Å². The fraction of sp³-hybridized carbons (Fsp3) is 0.125. The Kier molecular flexibility index (Phi) is 5.28. The van der Waals surface area contributed by atoms with E-state index >= 15 is 0 Å². The van der Waals surface area contributed by atoms with Gasteiger partial charge in [-0.15, -0.1) is 0 Å². The third kappa shape index (κ3) is 4.26. The molecule has 2 rings (SSSR count). The van der Waals surface area contributed by atoms with Crippen LogP contribution in [-0.2, 0) is 4.79 Å². The van der Waals surface area contributed by atoms with Crippen LogP contribution in [-0.4, -0.2) is 11.9 Å². The molecule has 23 heavy (non-hydrogen) atoms. The van der Waals surface area contributed by atoms with Gasteiger partial charge in [-0.1, -0.05) is 29.8 Å². The minimum atomic E-state index is -1.42. The molecule has 0 aliphatic heterocycles. The van der Waals surface area contributed by atoms with Crippen LogP contribution in [0, 0.1) is 11.6 Å². The van der Waals surface area contributed by atoms with Crippen molar-refractivity contribution in [3.63, 3.8) is 0 Å². The Bertz CT molecular complexity index is 714. The Balaban J connectivity index is 2.29. The van der Waals surface area contributed by atoms with Crippen molar-refractivity contribution >= 4 is 23.5 Å². The van der Waals surface area contributed by atoms with Gasteiger partial charge in [0.05, 0.1) is 6.04 Å². The molecule has 0 fully saturated rings. The Morgan fingerprint density at radius 3 is 2.17 bits per heavy atom. The third-order valence-corrected chi connectivity index (χ3v) is 3.39. The van der Waals surface area contributed by atoms with Gasteiger partial charge in [-0.05, 0) is 29.8 Å². The summed E-state index contributed by atoms with van der Waals surface area (Å²) in [6.07, 6.45) is -0.552. The van der Waals surface area contributed by atoms with Crippen LogP contribution in [0.4, 0.5) is 8.78 Å². The van der Waals surface area contributed by atoms with E-state index in [1.165, 1.54) is 24.3 Å². The zero-order valence-electron chi connectivity index (χ0n) is 11.7. The van der Waals surface area contributed by atoms with E-state index in [-0.39, 0.29) is 0 Å². The molecule has 1 amide bonds. The van der Waals surface area contributed by atoms with Crippen LogP contribution in [0.25, 0.3) is 0 Å². The lowest BCUT2D eigenvalue weighted by atomic mass is 10.0. The number of carbonyl (C=O) groups excluding carboxylic acids is 2. The number of amides is 1. The van der Waals surface area contributed by atoms with Gasteiger partial charge in [0.25, 0.3) is 5.91 Å². The van der Waals surface area contributed by atoms with Crippen molar-refractivity contribution in [2.45, 2.75) is 12.5 Å². The van der Waals surface area contributed by atoms with Crippen LogP contribution in [0.5, 0.6) is 0 Å². The molecule has 2 aromatic rings. The molecule has 0 aliphatic carbocycles. The standard InChI is InChI=1S/C16H12ClF2NO3/c17-10-6-4-9(5-7-10)13(8-14(21)22)20-16(23)15-11(18)2-1-3-12(15)19/h1-7,13H,8H2,(H,20,23)(H,21,22)/p-1/t13-/m0/s1. The molecule has 0 spiro atoms. The molecule has 0 saturated heterocycles. The second-order valence-corrected chi connectivity index (χ2v) is 5.19. The summed E-state index contributed by atoms with van der Waals surface area (Å²) in [6.45, 7) is 0.